The average molecular weight is 203 g/mol. The Kier molecular flexibility index (Phi) is 3.71. The maximum Gasteiger partial charge on any atom is 0.409 e. The number of amides is 1. The van der Waals surface area contributed by atoms with Gasteiger partial charge >= 0.3 is 6.09 Å². The number of hydrogen-bond acceptors (Lipinski definition) is 3. The summed E-state index contributed by atoms with van der Waals surface area (Å²) in [6.07, 6.45) is 1.84. The van der Waals surface area contributed by atoms with E-state index in [0.717, 1.165) is 12.8 Å². The van der Waals surface area contributed by atoms with E-state index in [0.29, 0.717) is 19.4 Å². The van der Waals surface area contributed by atoms with Crippen molar-refractivity contribution in [1.29, 1.82) is 0 Å². The SMILES string of the molecule is COC1(CCO)CCCCN1C(=O)O. The zero-order valence-electron chi connectivity index (χ0n) is 8.40. The Labute approximate surface area is 83.3 Å². The minimum atomic E-state index is -0.972. The Bertz CT molecular complexity index is 205. The van der Waals surface area contributed by atoms with Gasteiger partial charge in [-0.1, -0.05) is 0 Å². The molecule has 2 N–H and O–H groups in total. The summed E-state index contributed by atoms with van der Waals surface area (Å²) < 4.78 is 5.28. The molecule has 14 heavy (non-hydrogen) atoms. The van der Waals surface area contributed by atoms with Gasteiger partial charge in [-0.05, 0) is 19.3 Å². The second-order valence-electron chi connectivity index (χ2n) is 3.52. The second-order valence-corrected chi connectivity index (χ2v) is 3.52. The van der Waals surface area contributed by atoms with Crippen molar-refractivity contribution in [2.45, 2.75) is 31.4 Å². The van der Waals surface area contributed by atoms with Crippen LogP contribution in [0.3, 0.4) is 0 Å². The quantitative estimate of drug-likeness (QED) is 0.714. The lowest BCUT2D eigenvalue weighted by atomic mass is 9.95. The van der Waals surface area contributed by atoms with Crippen LogP contribution >= 0.6 is 0 Å². The summed E-state index contributed by atoms with van der Waals surface area (Å²) in [7, 11) is 1.50. The van der Waals surface area contributed by atoms with E-state index >= 15 is 0 Å². The zero-order chi connectivity index (χ0) is 10.6. The topological polar surface area (TPSA) is 70.0 Å². The third-order valence-electron chi connectivity index (χ3n) is 2.80. The maximum atomic E-state index is 11.0. The third kappa shape index (κ3) is 1.99. The maximum absolute atomic E-state index is 11.0. The van der Waals surface area contributed by atoms with Gasteiger partial charge in [0.2, 0.25) is 0 Å². The molecule has 1 amide bonds. The first-order chi connectivity index (χ1) is 6.66. The lowest BCUT2D eigenvalue weighted by Crippen LogP contribution is -2.55. The van der Waals surface area contributed by atoms with Crippen LogP contribution in [0.1, 0.15) is 25.7 Å². The van der Waals surface area contributed by atoms with Gasteiger partial charge in [0.25, 0.3) is 0 Å². The molecule has 1 atom stereocenters. The molecule has 0 bridgehead atoms. The molecule has 1 saturated heterocycles. The number of methoxy groups -OCH3 is 1. The van der Waals surface area contributed by atoms with Crippen molar-refractivity contribution in [3.8, 4) is 0 Å². The summed E-state index contributed by atoms with van der Waals surface area (Å²) >= 11 is 0. The summed E-state index contributed by atoms with van der Waals surface area (Å²) in [5.74, 6) is 0. The monoisotopic (exact) mass is 203 g/mol. The predicted octanol–water partition coefficient (Wildman–Crippen LogP) is 0.875. The molecule has 0 aromatic heterocycles. The van der Waals surface area contributed by atoms with Crippen LogP contribution in [0.15, 0.2) is 0 Å². The summed E-state index contributed by atoms with van der Waals surface area (Å²) in [6.45, 7) is 0.431. The molecule has 1 aliphatic rings. The Morgan fingerprint density at radius 1 is 1.57 bits per heavy atom. The highest BCUT2D eigenvalue weighted by atomic mass is 16.5. The molecule has 1 aliphatic heterocycles. The van der Waals surface area contributed by atoms with E-state index in [4.69, 9.17) is 14.9 Å². The number of piperidine rings is 1. The molecule has 0 aromatic rings. The number of ether oxygens (including phenoxy) is 1. The number of nitrogens with zero attached hydrogens (tertiary/aromatic N) is 1. The van der Waals surface area contributed by atoms with E-state index < -0.39 is 11.8 Å². The normalized spacial score (nSPS) is 27.7. The lowest BCUT2D eigenvalue weighted by Gasteiger charge is -2.44. The van der Waals surface area contributed by atoms with Gasteiger partial charge in [0.1, 0.15) is 5.72 Å². The fraction of sp³-hybridized carbons (Fsp3) is 0.889. The van der Waals surface area contributed by atoms with Crippen LogP contribution in [0, 0.1) is 0 Å². The first-order valence-corrected chi connectivity index (χ1v) is 4.83. The molecule has 82 valence electrons. The van der Waals surface area contributed by atoms with Gasteiger partial charge in [0.05, 0.1) is 0 Å². The average Bonchev–Trinajstić information content (AvgIpc) is 2.18. The van der Waals surface area contributed by atoms with E-state index in [9.17, 15) is 4.79 Å². The van der Waals surface area contributed by atoms with Gasteiger partial charge in [0, 0.05) is 26.7 Å². The van der Waals surface area contributed by atoms with Gasteiger partial charge in [-0.2, -0.15) is 0 Å². The van der Waals surface area contributed by atoms with E-state index in [1.165, 1.54) is 12.0 Å². The highest BCUT2D eigenvalue weighted by Gasteiger charge is 2.41. The lowest BCUT2D eigenvalue weighted by molar-refractivity contribution is -0.149. The summed E-state index contributed by atoms with van der Waals surface area (Å²) in [6, 6.07) is 0. The minimum Gasteiger partial charge on any atom is -0.465 e. The van der Waals surface area contributed by atoms with Crippen molar-refractivity contribution in [1.82, 2.24) is 4.90 Å². The molecule has 0 aromatic carbocycles. The van der Waals surface area contributed by atoms with Crippen molar-refractivity contribution in [3.63, 3.8) is 0 Å². The number of rotatable bonds is 3. The van der Waals surface area contributed by atoms with Gasteiger partial charge in [0.15, 0.2) is 0 Å². The number of likely N-dealkylation sites (tertiary alicyclic amines) is 1. The van der Waals surface area contributed by atoms with Crippen LogP contribution < -0.4 is 0 Å². The van der Waals surface area contributed by atoms with E-state index in [-0.39, 0.29) is 6.61 Å². The molecular formula is C9H17NO4. The molecule has 5 nitrogen and oxygen atoms in total. The van der Waals surface area contributed by atoms with Crippen molar-refractivity contribution in [2.24, 2.45) is 0 Å². The Hall–Kier alpha value is -0.810. The highest BCUT2D eigenvalue weighted by Crippen LogP contribution is 2.31. The van der Waals surface area contributed by atoms with Gasteiger partial charge < -0.3 is 14.9 Å². The predicted molar refractivity (Wildman–Crippen MR) is 50.0 cm³/mol. The van der Waals surface area contributed by atoms with Crippen LogP contribution in [0.4, 0.5) is 4.79 Å². The molecule has 1 rings (SSSR count). The molecule has 0 radical (unpaired) electrons. The molecule has 5 heteroatoms. The number of carboxylic acid groups (broad SMARTS) is 1. The molecular weight excluding hydrogens is 186 g/mol. The largest absolute Gasteiger partial charge is 0.465 e. The Balaban J connectivity index is 2.80. The molecule has 0 spiro atoms. The molecule has 0 aliphatic carbocycles. The van der Waals surface area contributed by atoms with Crippen LogP contribution in [-0.2, 0) is 4.74 Å². The third-order valence-corrected chi connectivity index (χ3v) is 2.80. The van der Waals surface area contributed by atoms with Crippen LogP contribution in [0.5, 0.6) is 0 Å². The Morgan fingerprint density at radius 2 is 2.29 bits per heavy atom. The molecule has 0 saturated carbocycles. The van der Waals surface area contributed by atoms with Crippen molar-refractivity contribution in [2.75, 3.05) is 20.3 Å². The van der Waals surface area contributed by atoms with Crippen molar-refractivity contribution in [3.05, 3.63) is 0 Å². The van der Waals surface area contributed by atoms with Crippen LogP contribution in [0.2, 0.25) is 0 Å². The molecule has 1 fully saturated rings. The minimum absolute atomic E-state index is 0.0579. The number of aliphatic hydroxyl groups excluding tert-OH is 1. The van der Waals surface area contributed by atoms with Crippen LogP contribution in [0.25, 0.3) is 0 Å². The summed E-state index contributed by atoms with van der Waals surface area (Å²) in [4.78, 5) is 12.3. The number of carbonyl (C=O) groups is 1. The fourth-order valence-corrected chi connectivity index (χ4v) is 2.03. The van der Waals surface area contributed by atoms with E-state index in [1.807, 2.05) is 0 Å². The van der Waals surface area contributed by atoms with E-state index in [2.05, 4.69) is 0 Å². The number of hydrogen-bond donors (Lipinski definition) is 2. The summed E-state index contributed by atoms with van der Waals surface area (Å²) in [5, 5.41) is 17.9. The standard InChI is InChI=1S/C9H17NO4/c1-14-9(5-7-11)4-2-3-6-10(9)8(12)13/h11H,2-7H2,1H3,(H,12,13). The number of aliphatic hydroxyl groups is 1. The van der Waals surface area contributed by atoms with Gasteiger partial charge in [-0.3, -0.25) is 4.90 Å². The van der Waals surface area contributed by atoms with Crippen molar-refractivity contribution >= 4 is 6.09 Å². The highest BCUT2D eigenvalue weighted by molar-refractivity contribution is 5.66. The Morgan fingerprint density at radius 3 is 2.79 bits per heavy atom. The first-order valence-electron chi connectivity index (χ1n) is 4.83. The zero-order valence-corrected chi connectivity index (χ0v) is 8.40. The van der Waals surface area contributed by atoms with Gasteiger partial charge in [-0.25, -0.2) is 4.79 Å². The first kappa shape index (κ1) is 11.3. The van der Waals surface area contributed by atoms with Crippen LogP contribution in [-0.4, -0.2) is 47.2 Å². The molecule has 1 unspecified atom stereocenters. The second kappa shape index (κ2) is 4.61. The fourth-order valence-electron chi connectivity index (χ4n) is 2.03. The smallest absolute Gasteiger partial charge is 0.409 e. The summed E-state index contributed by atoms with van der Waals surface area (Å²) in [5.41, 5.74) is -0.807. The van der Waals surface area contributed by atoms with Crippen molar-refractivity contribution < 1.29 is 19.7 Å². The van der Waals surface area contributed by atoms with Gasteiger partial charge in [-0.15, -0.1) is 0 Å². The molecule has 1 heterocycles. The van der Waals surface area contributed by atoms with E-state index in [1.54, 1.807) is 0 Å².